The Morgan fingerprint density at radius 3 is 2.15 bits per heavy atom. The quantitative estimate of drug-likeness (QED) is 0.537. The topological polar surface area (TPSA) is 67.9 Å². The molecule has 1 aliphatic rings. The molecule has 1 aliphatic heterocycles. The Morgan fingerprint density at radius 1 is 0.788 bits per heavy atom. The molecule has 33 heavy (non-hydrogen) atoms. The van der Waals surface area contributed by atoms with Crippen LogP contribution in [0.2, 0.25) is 0 Å². The number of hydrogen-bond acceptors (Lipinski definition) is 5. The zero-order chi connectivity index (χ0) is 23.5. The number of carbonyl (C=O) groups excluding carboxylic acids is 2. The summed E-state index contributed by atoms with van der Waals surface area (Å²) >= 11 is 0. The minimum Gasteiger partial charge on any atom is -0.496 e. The van der Waals surface area contributed by atoms with Crippen molar-refractivity contribution in [3.63, 3.8) is 0 Å². The fourth-order valence-corrected chi connectivity index (χ4v) is 3.87. The van der Waals surface area contributed by atoms with Gasteiger partial charge in [0.1, 0.15) is 17.2 Å². The third kappa shape index (κ3) is 4.32. The Morgan fingerprint density at radius 2 is 1.45 bits per heavy atom. The molecule has 0 aliphatic carbocycles. The number of anilines is 1. The highest BCUT2D eigenvalue weighted by atomic mass is 16.5. The molecule has 6 nitrogen and oxygen atoms in total. The molecule has 0 fully saturated rings. The highest BCUT2D eigenvalue weighted by Gasteiger charge is 2.40. The largest absolute Gasteiger partial charge is 0.496 e. The number of amides is 2. The monoisotopic (exact) mass is 442 g/mol. The van der Waals surface area contributed by atoms with Crippen LogP contribution in [0.4, 0.5) is 5.69 Å². The summed E-state index contributed by atoms with van der Waals surface area (Å²) in [6, 6.07) is 20.6. The maximum atomic E-state index is 13.6. The molecule has 1 N–H and O–H groups in total. The summed E-state index contributed by atoms with van der Waals surface area (Å²) in [5, 5.41) is 3.19. The predicted molar refractivity (Wildman–Crippen MR) is 128 cm³/mol. The van der Waals surface area contributed by atoms with E-state index >= 15 is 0 Å². The van der Waals surface area contributed by atoms with E-state index in [9.17, 15) is 9.59 Å². The van der Waals surface area contributed by atoms with Gasteiger partial charge in [0.15, 0.2) is 0 Å². The maximum absolute atomic E-state index is 13.6. The number of carbonyl (C=O) groups is 2. The second-order valence-corrected chi connectivity index (χ2v) is 7.96. The van der Waals surface area contributed by atoms with Crippen molar-refractivity contribution in [1.29, 1.82) is 0 Å². The van der Waals surface area contributed by atoms with E-state index in [4.69, 9.17) is 9.47 Å². The number of nitrogens with zero attached hydrogens (tertiary/aromatic N) is 1. The van der Waals surface area contributed by atoms with Gasteiger partial charge in [-0.3, -0.25) is 14.5 Å². The van der Waals surface area contributed by atoms with Crippen LogP contribution in [-0.2, 0) is 16.1 Å². The number of nitrogens with one attached hydrogen (secondary N) is 1. The molecule has 3 aromatic carbocycles. The number of methoxy groups -OCH3 is 2. The predicted octanol–water partition coefficient (Wildman–Crippen LogP) is 4.71. The lowest BCUT2D eigenvalue weighted by molar-refractivity contribution is -0.137. The Bertz CT molecular complexity index is 1250. The molecule has 4 rings (SSSR count). The number of aryl methyl sites for hydroxylation is 2. The zero-order valence-electron chi connectivity index (χ0n) is 19.1. The van der Waals surface area contributed by atoms with Crippen molar-refractivity contribution in [2.75, 3.05) is 19.5 Å². The first-order chi connectivity index (χ1) is 15.9. The number of rotatable bonds is 7. The van der Waals surface area contributed by atoms with E-state index in [2.05, 4.69) is 5.32 Å². The van der Waals surface area contributed by atoms with Crippen LogP contribution in [0, 0.1) is 13.8 Å². The van der Waals surface area contributed by atoms with Gasteiger partial charge >= 0.3 is 0 Å². The summed E-state index contributed by atoms with van der Waals surface area (Å²) in [4.78, 5) is 28.4. The van der Waals surface area contributed by atoms with E-state index in [0.717, 1.165) is 16.7 Å². The van der Waals surface area contributed by atoms with Crippen LogP contribution in [0.3, 0.4) is 0 Å². The first-order valence-corrected chi connectivity index (χ1v) is 10.6. The summed E-state index contributed by atoms with van der Waals surface area (Å²) in [7, 11) is 3.11. The molecule has 3 aromatic rings. The van der Waals surface area contributed by atoms with Crippen molar-refractivity contribution in [3.05, 3.63) is 94.7 Å². The first kappa shape index (κ1) is 22.1. The zero-order valence-corrected chi connectivity index (χ0v) is 19.1. The number of imide groups is 1. The molecule has 0 radical (unpaired) electrons. The van der Waals surface area contributed by atoms with Gasteiger partial charge < -0.3 is 14.8 Å². The van der Waals surface area contributed by atoms with Gasteiger partial charge in [0, 0.05) is 5.56 Å². The van der Waals surface area contributed by atoms with Crippen LogP contribution >= 0.6 is 0 Å². The highest BCUT2D eigenvalue weighted by Crippen LogP contribution is 2.37. The highest BCUT2D eigenvalue weighted by molar-refractivity contribution is 6.37. The van der Waals surface area contributed by atoms with Gasteiger partial charge in [0.05, 0.1) is 32.0 Å². The van der Waals surface area contributed by atoms with Gasteiger partial charge in [-0.05, 0) is 43.2 Å². The van der Waals surface area contributed by atoms with Crippen molar-refractivity contribution < 1.29 is 19.1 Å². The molecule has 0 aromatic heterocycles. The van der Waals surface area contributed by atoms with Crippen molar-refractivity contribution in [3.8, 4) is 11.5 Å². The average molecular weight is 443 g/mol. The fourth-order valence-electron chi connectivity index (χ4n) is 3.87. The molecule has 0 unspecified atom stereocenters. The maximum Gasteiger partial charge on any atom is 0.278 e. The summed E-state index contributed by atoms with van der Waals surface area (Å²) in [6.45, 7) is 4.12. The van der Waals surface area contributed by atoms with E-state index in [1.807, 2.05) is 68.4 Å². The van der Waals surface area contributed by atoms with Crippen molar-refractivity contribution in [2.24, 2.45) is 0 Å². The Labute approximate surface area is 193 Å². The van der Waals surface area contributed by atoms with Crippen LogP contribution in [0.25, 0.3) is 5.57 Å². The van der Waals surface area contributed by atoms with E-state index < -0.39 is 5.91 Å². The number of para-hydroxylation sites is 1. The third-order valence-corrected chi connectivity index (χ3v) is 5.62. The normalized spacial score (nSPS) is 13.5. The van der Waals surface area contributed by atoms with E-state index in [1.165, 1.54) is 4.90 Å². The number of ether oxygens (including phenoxy) is 2. The molecule has 0 atom stereocenters. The number of benzene rings is 3. The Balaban J connectivity index is 1.81. The SMILES string of the molecule is COc1ccc(C)cc1NC1=C(c2ccccc2OC)C(=O)N(Cc2ccc(C)cc2)C1=O. The molecular formula is C27H26N2O4. The van der Waals surface area contributed by atoms with Gasteiger partial charge in [-0.2, -0.15) is 0 Å². The van der Waals surface area contributed by atoms with Crippen molar-refractivity contribution in [2.45, 2.75) is 20.4 Å². The molecule has 6 heteroatoms. The first-order valence-electron chi connectivity index (χ1n) is 10.6. The summed E-state index contributed by atoms with van der Waals surface area (Å²) in [5.74, 6) is 0.315. The second-order valence-electron chi connectivity index (χ2n) is 7.96. The van der Waals surface area contributed by atoms with Crippen LogP contribution < -0.4 is 14.8 Å². The van der Waals surface area contributed by atoms with Crippen LogP contribution in [0.5, 0.6) is 11.5 Å². The minimum absolute atomic E-state index is 0.173. The standard InChI is InChI=1S/C27H26N2O4/c1-17-9-12-19(13-10-17)16-29-26(30)24(20-7-5-6-8-22(20)32-3)25(27(29)31)28-21-15-18(2)11-14-23(21)33-4/h5-15,28H,16H2,1-4H3. The number of hydrogen-bond donors (Lipinski definition) is 1. The molecule has 1 heterocycles. The van der Waals surface area contributed by atoms with Crippen LogP contribution in [0.1, 0.15) is 22.3 Å². The Hall–Kier alpha value is -4.06. The van der Waals surface area contributed by atoms with Gasteiger partial charge in [0.2, 0.25) is 0 Å². The molecule has 0 bridgehead atoms. The Kier molecular flexibility index (Phi) is 6.18. The lowest BCUT2D eigenvalue weighted by Gasteiger charge is -2.16. The molecule has 2 amide bonds. The fraction of sp³-hybridized carbons (Fsp3) is 0.185. The van der Waals surface area contributed by atoms with E-state index in [1.54, 1.807) is 26.4 Å². The van der Waals surface area contributed by atoms with Crippen LogP contribution in [0.15, 0.2) is 72.4 Å². The molecule has 0 saturated heterocycles. The van der Waals surface area contributed by atoms with Crippen molar-refractivity contribution >= 4 is 23.1 Å². The summed E-state index contributed by atoms with van der Waals surface area (Å²) in [6.07, 6.45) is 0. The average Bonchev–Trinajstić information content (AvgIpc) is 3.04. The van der Waals surface area contributed by atoms with Gasteiger partial charge in [0.25, 0.3) is 11.8 Å². The molecule has 168 valence electrons. The lowest BCUT2D eigenvalue weighted by Crippen LogP contribution is -2.32. The smallest absolute Gasteiger partial charge is 0.278 e. The summed E-state index contributed by atoms with van der Waals surface area (Å²) in [5.41, 5.74) is 4.60. The molecule has 0 spiro atoms. The van der Waals surface area contributed by atoms with Gasteiger partial charge in [-0.25, -0.2) is 0 Å². The molecular weight excluding hydrogens is 416 g/mol. The van der Waals surface area contributed by atoms with Gasteiger partial charge in [-0.15, -0.1) is 0 Å². The van der Waals surface area contributed by atoms with Crippen molar-refractivity contribution in [1.82, 2.24) is 4.90 Å². The summed E-state index contributed by atoms with van der Waals surface area (Å²) < 4.78 is 11.0. The minimum atomic E-state index is -0.398. The van der Waals surface area contributed by atoms with E-state index in [0.29, 0.717) is 22.7 Å². The van der Waals surface area contributed by atoms with Crippen LogP contribution in [-0.4, -0.2) is 30.9 Å². The lowest BCUT2D eigenvalue weighted by atomic mass is 10.0. The van der Waals surface area contributed by atoms with E-state index in [-0.39, 0.29) is 23.7 Å². The molecule has 0 saturated carbocycles. The third-order valence-electron chi connectivity index (χ3n) is 5.62. The second kappa shape index (κ2) is 9.20. The van der Waals surface area contributed by atoms with Gasteiger partial charge in [-0.1, -0.05) is 54.1 Å².